The van der Waals surface area contributed by atoms with E-state index in [1.165, 1.54) is 0 Å². The van der Waals surface area contributed by atoms with Crippen LogP contribution in [0.5, 0.6) is 0 Å². The van der Waals surface area contributed by atoms with Gasteiger partial charge in [-0.3, -0.25) is 4.99 Å². The van der Waals surface area contributed by atoms with E-state index in [0.717, 1.165) is 24.9 Å². The molecule has 1 aromatic rings. The Kier molecular flexibility index (Phi) is 9.84. The molecule has 0 aromatic heterocycles. The Morgan fingerprint density at radius 3 is 2.72 bits per heavy atom. The van der Waals surface area contributed by atoms with Crippen molar-refractivity contribution in [3.63, 3.8) is 0 Å². The summed E-state index contributed by atoms with van der Waals surface area (Å²) in [7, 11) is -2.90. The topological polar surface area (TPSA) is 70.6 Å². The van der Waals surface area contributed by atoms with E-state index in [9.17, 15) is 8.42 Å². The third kappa shape index (κ3) is 7.88. The average molecular weight is 520 g/mol. The van der Waals surface area contributed by atoms with Crippen molar-refractivity contribution in [3.05, 3.63) is 33.8 Å². The summed E-state index contributed by atoms with van der Waals surface area (Å²) < 4.78 is 23.1. The zero-order valence-electron chi connectivity index (χ0n) is 14.1. The minimum Gasteiger partial charge on any atom is -0.357 e. The fourth-order valence-corrected chi connectivity index (χ4v) is 4.78. The van der Waals surface area contributed by atoms with Gasteiger partial charge < -0.3 is 10.6 Å². The Labute approximate surface area is 176 Å². The summed E-state index contributed by atoms with van der Waals surface area (Å²) >= 11 is 12.0. The molecule has 0 bridgehead atoms. The number of halogens is 3. The van der Waals surface area contributed by atoms with E-state index in [-0.39, 0.29) is 41.5 Å². The van der Waals surface area contributed by atoms with E-state index < -0.39 is 9.84 Å². The number of aliphatic imine (C=N–C) groups is 1. The molecule has 1 aromatic carbocycles. The Balaban J connectivity index is 0.00000312. The van der Waals surface area contributed by atoms with E-state index in [2.05, 4.69) is 15.6 Å². The SMILES string of the molecule is CCNC(=NCCCc1ccc(Cl)cc1Cl)NC1CCS(=O)(=O)C1.I. The van der Waals surface area contributed by atoms with Crippen LogP contribution in [-0.4, -0.2) is 45.0 Å². The molecule has 1 aliphatic rings. The summed E-state index contributed by atoms with van der Waals surface area (Å²) in [6.45, 7) is 3.35. The summed E-state index contributed by atoms with van der Waals surface area (Å²) in [6.07, 6.45) is 2.30. The summed E-state index contributed by atoms with van der Waals surface area (Å²) in [5.74, 6) is 1.10. The molecule has 2 rings (SSSR count). The first kappa shape index (κ1) is 22.8. The third-order valence-electron chi connectivity index (χ3n) is 3.81. The van der Waals surface area contributed by atoms with Crippen LogP contribution < -0.4 is 10.6 Å². The van der Waals surface area contributed by atoms with Crippen molar-refractivity contribution in [2.45, 2.75) is 32.2 Å². The van der Waals surface area contributed by atoms with Gasteiger partial charge in [-0.05, 0) is 43.9 Å². The fourth-order valence-electron chi connectivity index (χ4n) is 2.61. The van der Waals surface area contributed by atoms with Gasteiger partial charge in [-0.15, -0.1) is 24.0 Å². The Hall–Kier alpha value is -0.250. The van der Waals surface area contributed by atoms with Gasteiger partial charge in [0.2, 0.25) is 0 Å². The number of hydrogen-bond donors (Lipinski definition) is 2. The molecule has 9 heteroatoms. The van der Waals surface area contributed by atoms with E-state index in [0.29, 0.717) is 29.0 Å². The monoisotopic (exact) mass is 519 g/mol. The van der Waals surface area contributed by atoms with Crippen LogP contribution in [0, 0.1) is 0 Å². The highest BCUT2D eigenvalue weighted by atomic mass is 127. The second-order valence-electron chi connectivity index (χ2n) is 5.84. The first-order valence-electron chi connectivity index (χ1n) is 8.09. The number of hydrogen-bond acceptors (Lipinski definition) is 3. The number of rotatable bonds is 6. The maximum Gasteiger partial charge on any atom is 0.191 e. The van der Waals surface area contributed by atoms with Gasteiger partial charge in [-0.25, -0.2) is 8.42 Å². The van der Waals surface area contributed by atoms with Gasteiger partial charge in [0.25, 0.3) is 0 Å². The van der Waals surface area contributed by atoms with E-state index in [4.69, 9.17) is 23.2 Å². The van der Waals surface area contributed by atoms with Crippen LogP contribution in [0.25, 0.3) is 0 Å². The van der Waals surface area contributed by atoms with Crippen LogP contribution in [0.1, 0.15) is 25.3 Å². The van der Waals surface area contributed by atoms with Crippen LogP contribution in [-0.2, 0) is 16.3 Å². The number of aryl methyl sites for hydroxylation is 1. The van der Waals surface area contributed by atoms with E-state index in [1.54, 1.807) is 6.07 Å². The van der Waals surface area contributed by atoms with Gasteiger partial charge in [0.1, 0.15) is 0 Å². The summed E-state index contributed by atoms with van der Waals surface area (Å²) in [5, 5.41) is 7.67. The number of sulfone groups is 1. The van der Waals surface area contributed by atoms with Crippen LogP contribution >= 0.6 is 47.2 Å². The normalized spacial score (nSPS) is 19.3. The quantitative estimate of drug-likeness (QED) is 0.262. The highest BCUT2D eigenvalue weighted by Crippen LogP contribution is 2.22. The lowest BCUT2D eigenvalue weighted by Crippen LogP contribution is -2.44. The van der Waals surface area contributed by atoms with Gasteiger partial charge in [-0.2, -0.15) is 0 Å². The summed E-state index contributed by atoms with van der Waals surface area (Å²) in [6, 6.07) is 5.45. The second kappa shape index (κ2) is 10.8. The van der Waals surface area contributed by atoms with Crippen molar-refractivity contribution in [2.24, 2.45) is 4.99 Å². The van der Waals surface area contributed by atoms with Crippen LogP contribution in [0.3, 0.4) is 0 Å². The van der Waals surface area contributed by atoms with E-state index in [1.807, 2.05) is 19.1 Å². The molecule has 5 nitrogen and oxygen atoms in total. The zero-order valence-corrected chi connectivity index (χ0v) is 18.8. The molecular formula is C16H24Cl2IN3O2S. The lowest BCUT2D eigenvalue weighted by atomic mass is 10.1. The molecule has 25 heavy (non-hydrogen) atoms. The zero-order chi connectivity index (χ0) is 17.6. The smallest absolute Gasteiger partial charge is 0.191 e. The van der Waals surface area contributed by atoms with Crippen molar-refractivity contribution in [1.82, 2.24) is 10.6 Å². The van der Waals surface area contributed by atoms with E-state index >= 15 is 0 Å². The molecule has 1 atom stereocenters. The van der Waals surface area contributed by atoms with Crippen LogP contribution in [0.15, 0.2) is 23.2 Å². The maximum atomic E-state index is 11.5. The van der Waals surface area contributed by atoms with Crippen molar-refractivity contribution in [1.29, 1.82) is 0 Å². The molecule has 1 aliphatic heterocycles. The summed E-state index contributed by atoms with van der Waals surface area (Å²) in [4.78, 5) is 4.52. The van der Waals surface area contributed by atoms with Gasteiger partial charge in [0.15, 0.2) is 15.8 Å². The molecule has 142 valence electrons. The van der Waals surface area contributed by atoms with Crippen LogP contribution in [0.4, 0.5) is 0 Å². The largest absolute Gasteiger partial charge is 0.357 e. The number of guanidine groups is 1. The number of nitrogens with one attached hydrogen (secondary N) is 2. The predicted molar refractivity (Wildman–Crippen MR) is 116 cm³/mol. The molecule has 0 saturated carbocycles. The number of benzene rings is 1. The minimum absolute atomic E-state index is 0. The summed E-state index contributed by atoms with van der Waals surface area (Å²) in [5.41, 5.74) is 1.05. The molecular weight excluding hydrogens is 496 g/mol. The molecule has 0 aliphatic carbocycles. The molecule has 1 unspecified atom stereocenters. The van der Waals surface area contributed by atoms with Gasteiger partial charge in [0, 0.05) is 29.2 Å². The third-order valence-corrected chi connectivity index (χ3v) is 6.16. The van der Waals surface area contributed by atoms with Crippen molar-refractivity contribution in [2.75, 3.05) is 24.6 Å². The second-order valence-corrected chi connectivity index (χ2v) is 8.92. The average Bonchev–Trinajstić information content (AvgIpc) is 2.84. The first-order chi connectivity index (χ1) is 11.4. The van der Waals surface area contributed by atoms with Crippen molar-refractivity contribution >= 4 is 63.0 Å². The van der Waals surface area contributed by atoms with Crippen LogP contribution in [0.2, 0.25) is 10.0 Å². The fraction of sp³-hybridized carbons (Fsp3) is 0.562. The van der Waals surface area contributed by atoms with Crippen molar-refractivity contribution in [3.8, 4) is 0 Å². The minimum atomic E-state index is -2.90. The van der Waals surface area contributed by atoms with Gasteiger partial charge >= 0.3 is 0 Å². The first-order valence-corrected chi connectivity index (χ1v) is 10.7. The van der Waals surface area contributed by atoms with Gasteiger partial charge in [0.05, 0.1) is 11.5 Å². The molecule has 0 spiro atoms. The Bertz CT molecular complexity index is 699. The molecule has 0 amide bonds. The molecule has 1 saturated heterocycles. The lowest BCUT2D eigenvalue weighted by molar-refractivity contribution is 0.599. The Morgan fingerprint density at radius 2 is 2.12 bits per heavy atom. The standard InChI is InChI=1S/C16H23Cl2N3O2S.HI/c1-2-19-16(21-14-7-9-24(22,23)11-14)20-8-3-4-12-5-6-13(17)10-15(12)18;/h5-6,10,14H,2-4,7-9,11H2,1H3,(H2,19,20,21);1H. The molecule has 2 N–H and O–H groups in total. The molecule has 1 fully saturated rings. The molecule has 1 heterocycles. The molecule has 0 radical (unpaired) electrons. The Morgan fingerprint density at radius 1 is 1.36 bits per heavy atom. The highest BCUT2D eigenvalue weighted by molar-refractivity contribution is 14.0. The maximum absolute atomic E-state index is 11.5. The van der Waals surface area contributed by atoms with Gasteiger partial charge in [-0.1, -0.05) is 29.3 Å². The lowest BCUT2D eigenvalue weighted by Gasteiger charge is -2.15. The number of nitrogens with zero attached hydrogens (tertiary/aromatic N) is 1. The highest BCUT2D eigenvalue weighted by Gasteiger charge is 2.28. The van der Waals surface area contributed by atoms with Crippen molar-refractivity contribution < 1.29 is 8.42 Å². The predicted octanol–water partition coefficient (Wildman–Crippen LogP) is 3.29.